The Kier molecular flexibility index (Phi) is 4.20. The van der Waals surface area contributed by atoms with Crippen molar-refractivity contribution in [2.24, 2.45) is 0 Å². The smallest absolute Gasteiger partial charge is 0.387 e. The third-order valence-corrected chi connectivity index (χ3v) is 2.29. The van der Waals surface area contributed by atoms with Gasteiger partial charge in [-0.2, -0.15) is 8.78 Å². The summed E-state index contributed by atoms with van der Waals surface area (Å²) < 4.78 is 28.6. The number of carboxylic acid groups (broad SMARTS) is 1. The predicted molar refractivity (Wildman–Crippen MR) is 59.2 cm³/mol. The molecule has 0 saturated carbocycles. The lowest BCUT2D eigenvalue weighted by atomic mass is 10.0. The van der Waals surface area contributed by atoms with Gasteiger partial charge in [0.1, 0.15) is 5.75 Å². The summed E-state index contributed by atoms with van der Waals surface area (Å²) in [6, 6.07) is 3.04. The number of halogens is 2. The van der Waals surface area contributed by atoms with E-state index in [1.807, 2.05) is 0 Å². The predicted octanol–water partition coefficient (Wildman–Crippen LogP) is 3.00. The van der Waals surface area contributed by atoms with Crippen molar-refractivity contribution in [1.29, 1.82) is 0 Å². The van der Waals surface area contributed by atoms with Gasteiger partial charge in [0.15, 0.2) is 0 Å². The summed E-state index contributed by atoms with van der Waals surface area (Å²) in [6.07, 6.45) is 2.33. The normalized spacial score (nSPS) is 11.1. The maximum absolute atomic E-state index is 12.1. The van der Waals surface area contributed by atoms with Gasteiger partial charge < -0.3 is 9.84 Å². The van der Waals surface area contributed by atoms with E-state index in [0.717, 1.165) is 11.6 Å². The average molecular weight is 242 g/mol. The van der Waals surface area contributed by atoms with Crippen molar-refractivity contribution < 1.29 is 23.4 Å². The lowest BCUT2D eigenvalue weighted by Gasteiger charge is -2.12. The van der Waals surface area contributed by atoms with Crippen LogP contribution in [0.2, 0.25) is 0 Å². The van der Waals surface area contributed by atoms with Gasteiger partial charge >= 0.3 is 12.6 Å². The molecule has 0 spiro atoms. The highest BCUT2D eigenvalue weighted by atomic mass is 19.3. The zero-order chi connectivity index (χ0) is 13.0. The summed E-state index contributed by atoms with van der Waals surface area (Å²) in [4.78, 5) is 10.4. The minimum atomic E-state index is -2.90. The number of benzene rings is 1. The van der Waals surface area contributed by atoms with Gasteiger partial charge in [-0.1, -0.05) is 6.07 Å². The number of carboxylic acids is 1. The first kappa shape index (κ1) is 13.2. The molecule has 0 unspecified atom stereocenters. The van der Waals surface area contributed by atoms with Gasteiger partial charge in [0.25, 0.3) is 0 Å². The second-order valence-electron chi connectivity index (χ2n) is 3.47. The lowest BCUT2D eigenvalue weighted by molar-refractivity contribution is -0.131. The number of carbonyl (C=O) groups is 1. The molecular weight excluding hydrogens is 230 g/mol. The number of hydrogen-bond donors (Lipinski definition) is 1. The second-order valence-corrected chi connectivity index (χ2v) is 3.47. The van der Waals surface area contributed by atoms with Gasteiger partial charge in [-0.05, 0) is 42.7 Å². The van der Waals surface area contributed by atoms with Gasteiger partial charge in [-0.3, -0.25) is 0 Å². The molecule has 1 aromatic carbocycles. The Morgan fingerprint density at radius 2 is 2.06 bits per heavy atom. The highest BCUT2D eigenvalue weighted by molar-refractivity contribution is 5.86. The van der Waals surface area contributed by atoms with Crippen LogP contribution in [0.4, 0.5) is 8.78 Å². The molecule has 0 saturated heterocycles. The van der Waals surface area contributed by atoms with E-state index in [1.54, 1.807) is 19.9 Å². The van der Waals surface area contributed by atoms with Gasteiger partial charge in [0, 0.05) is 6.08 Å². The number of aryl methyl sites for hydroxylation is 1. The Hall–Kier alpha value is -1.91. The molecule has 5 heteroatoms. The molecule has 0 radical (unpaired) electrons. The third-order valence-electron chi connectivity index (χ3n) is 2.29. The monoisotopic (exact) mass is 242 g/mol. The Morgan fingerprint density at radius 1 is 1.41 bits per heavy atom. The number of alkyl halides is 2. The molecule has 0 aliphatic heterocycles. The van der Waals surface area contributed by atoms with E-state index < -0.39 is 12.6 Å². The van der Waals surface area contributed by atoms with Crippen molar-refractivity contribution >= 4 is 12.0 Å². The minimum absolute atomic E-state index is 0.0515. The quantitative estimate of drug-likeness (QED) is 0.825. The highest BCUT2D eigenvalue weighted by Gasteiger charge is 2.10. The molecule has 1 aromatic rings. The first-order valence-electron chi connectivity index (χ1n) is 4.88. The summed E-state index contributed by atoms with van der Waals surface area (Å²) in [5, 5.41) is 8.53. The molecule has 92 valence electrons. The van der Waals surface area contributed by atoms with Gasteiger partial charge in [0.2, 0.25) is 0 Å². The van der Waals surface area contributed by atoms with Crippen molar-refractivity contribution in [2.45, 2.75) is 20.5 Å². The third kappa shape index (κ3) is 3.55. The summed E-state index contributed by atoms with van der Waals surface area (Å²) >= 11 is 0. The van der Waals surface area contributed by atoms with Crippen molar-refractivity contribution in [3.8, 4) is 5.75 Å². The van der Waals surface area contributed by atoms with Gasteiger partial charge in [0.05, 0.1) is 0 Å². The number of rotatable bonds is 4. The van der Waals surface area contributed by atoms with Crippen LogP contribution in [0.15, 0.2) is 18.2 Å². The van der Waals surface area contributed by atoms with Gasteiger partial charge in [-0.25, -0.2) is 4.79 Å². The van der Waals surface area contributed by atoms with E-state index in [-0.39, 0.29) is 5.75 Å². The van der Waals surface area contributed by atoms with Crippen LogP contribution in [0.3, 0.4) is 0 Å². The molecule has 0 aliphatic rings. The van der Waals surface area contributed by atoms with Crippen LogP contribution in [0.5, 0.6) is 5.75 Å². The van der Waals surface area contributed by atoms with E-state index in [4.69, 9.17) is 5.11 Å². The first-order valence-corrected chi connectivity index (χ1v) is 4.88. The van der Waals surface area contributed by atoms with Crippen LogP contribution in [-0.4, -0.2) is 17.7 Å². The summed E-state index contributed by atoms with van der Waals surface area (Å²) in [5.41, 5.74) is 1.86. The topological polar surface area (TPSA) is 46.5 Å². The van der Waals surface area contributed by atoms with Gasteiger partial charge in [-0.15, -0.1) is 0 Å². The van der Waals surface area contributed by atoms with Crippen LogP contribution in [-0.2, 0) is 4.79 Å². The van der Waals surface area contributed by atoms with Crippen molar-refractivity contribution in [1.82, 2.24) is 0 Å². The Morgan fingerprint density at radius 3 is 2.59 bits per heavy atom. The summed E-state index contributed by atoms with van der Waals surface area (Å²) in [7, 11) is 0. The first-order chi connectivity index (χ1) is 7.91. The number of hydrogen-bond acceptors (Lipinski definition) is 2. The van der Waals surface area contributed by atoms with Crippen LogP contribution in [0, 0.1) is 13.8 Å². The van der Waals surface area contributed by atoms with Crippen molar-refractivity contribution in [2.75, 3.05) is 0 Å². The summed E-state index contributed by atoms with van der Waals surface area (Å²) in [6.45, 7) is 0.472. The van der Waals surface area contributed by atoms with Crippen LogP contribution >= 0.6 is 0 Å². The summed E-state index contributed by atoms with van der Waals surface area (Å²) in [5.74, 6) is -1.04. The SMILES string of the molecule is Cc1ccc(OC(F)F)c(C)c1/C=C/C(=O)O. The Balaban J connectivity index is 3.15. The molecule has 1 N–H and O–H groups in total. The average Bonchev–Trinajstić information content (AvgIpc) is 2.21. The molecule has 3 nitrogen and oxygen atoms in total. The van der Waals surface area contributed by atoms with Crippen molar-refractivity contribution in [3.05, 3.63) is 34.9 Å². The van der Waals surface area contributed by atoms with E-state index in [9.17, 15) is 13.6 Å². The largest absolute Gasteiger partial charge is 0.478 e. The second kappa shape index (κ2) is 5.43. The molecule has 0 heterocycles. The fraction of sp³-hybridized carbons (Fsp3) is 0.250. The molecule has 1 rings (SSSR count). The Labute approximate surface area is 97.3 Å². The van der Waals surface area contributed by atoms with E-state index in [2.05, 4.69) is 4.74 Å². The number of aliphatic carboxylic acids is 1. The fourth-order valence-electron chi connectivity index (χ4n) is 1.48. The van der Waals surface area contributed by atoms with Crippen LogP contribution in [0.1, 0.15) is 16.7 Å². The molecule has 0 fully saturated rings. The molecule has 17 heavy (non-hydrogen) atoms. The molecule has 0 amide bonds. The van der Waals surface area contributed by atoms with E-state index in [0.29, 0.717) is 11.1 Å². The van der Waals surface area contributed by atoms with Crippen LogP contribution < -0.4 is 4.74 Å². The number of ether oxygens (including phenoxy) is 1. The van der Waals surface area contributed by atoms with Crippen LogP contribution in [0.25, 0.3) is 6.08 Å². The Bertz CT molecular complexity index is 453. The molecule has 0 aliphatic carbocycles. The lowest BCUT2D eigenvalue weighted by Crippen LogP contribution is -2.04. The van der Waals surface area contributed by atoms with E-state index in [1.165, 1.54) is 12.1 Å². The minimum Gasteiger partial charge on any atom is -0.478 e. The zero-order valence-corrected chi connectivity index (χ0v) is 9.41. The molecule has 0 atom stereocenters. The maximum atomic E-state index is 12.1. The highest BCUT2D eigenvalue weighted by Crippen LogP contribution is 2.26. The zero-order valence-electron chi connectivity index (χ0n) is 9.41. The molecule has 0 aromatic heterocycles. The van der Waals surface area contributed by atoms with E-state index >= 15 is 0 Å². The molecule has 0 bridgehead atoms. The van der Waals surface area contributed by atoms with Crippen molar-refractivity contribution in [3.63, 3.8) is 0 Å². The standard InChI is InChI=1S/C12H12F2O3/c1-7-3-5-10(17-12(13)14)8(2)9(7)4-6-11(15)16/h3-6,12H,1-2H3,(H,15,16)/b6-4+. The molecular formula is C12H12F2O3. The maximum Gasteiger partial charge on any atom is 0.387 e. The fourth-order valence-corrected chi connectivity index (χ4v) is 1.48.